The number of rotatable bonds is 6. The average molecular weight is 330 g/mol. The van der Waals surface area contributed by atoms with E-state index in [0.29, 0.717) is 0 Å². The van der Waals surface area contributed by atoms with Crippen LogP contribution in [0.5, 0.6) is 0 Å². The lowest BCUT2D eigenvalue weighted by Crippen LogP contribution is -2.21. The summed E-state index contributed by atoms with van der Waals surface area (Å²) in [5.41, 5.74) is 0. The predicted molar refractivity (Wildman–Crippen MR) is 64.9 cm³/mol. The zero-order chi connectivity index (χ0) is 14.7. The van der Waals surface area contributed by atoms with Crippen LogP contribution in [0, 0.1) is 0 Å². The molecule has 0 amide bonds. The minimum Gasteiger partial charge on any atom is -0.286 e. The molecule has 1 aromatic rings. The Labute approximate surface area is 111 Å². The second-order valence-electron chi connectivity index (χ2n) is 3.38. The molecule has 0 bridgehead atoms. The molecule has 0 heterocycles. The molecule has 1 rings (SSSR count). The van der Waals surface area contributed by atoms with Gasteiger partial charge in [0.25, 0.3) is 20.2 Å². The Kier molecular flexibility index (Phi) is 4.68. The molecule has 0 atom stereocenters. The van der Waals surface area contributed by atoms with Crippen molar-refractivity contribution in [3.8, 4) is 0 Å². The first-order valence-electron chi connectivity index (χ1n) is 4.71. The standard InChI is InChI=1S/C8H10O8S3/c9-17(10,11)6-7-18(12,13)16-19(14,15)8-4-2-1-3-5-8/h1-5H,6-7H2,(H,9,10,11). The predicted octanol–water partition coefficient (Wildman–Crippen LogP) is -0.390. The van der Waals surface area contributed by atoms with Gasteiger partial charge in [-0.3, -0.25) is 4.55 Å². The van der Waals surface area contributed by atoms with Gasteiger partial charge in [-0.25, -0.2) is 0 Å². The normalized spacial score (nSPS) is 13.3. The summed E-state index contributed by atoms with van der Waals surface area (Å²) in [5.74, 6) is -2.32. The van der Waals surface area contributed by atoms with Gasteiger partial charge in [0.1, 0.15) is 0 Å². The number of benzene rings is 1. The molecular weight excluding hydrogens is 320 g/mol. The molecule has 0 aliphatic heterocycles. The molecule has 8 nitrogen and oxygen atoms in total. The molecule has 0 aromatic heterocycles. The van der Waals surface area contributed by atoms with Crippen molar-refractivity contribution in [1.29, 1.82) is 0 Å². The number of hydrogen-bond donors (Lipinski definition) is 1. The fraction of sp³-hybridized carbons (Fsp3) is 0.250. The average Bonchev–Trinajstić information content (AvgIpc) is 2.26. The topological polar surface area (TPSA) is 132 Å². The Morgan fingerprint density at radius 3 is 1.89 bits per heavy atom. The Morgan fingerprint density at radius 2 is 1.42 bits per heavy atom. The van der Waals surface area contributed by atoms with E-state index in [1.165, 1.54) is 18.2 Å². The van der Waals surface area contributed by atoms with Crippen molar-refractivity contribution in [1.82, 2.24) is 0 Å². The summed E-state index contributed by atoms with van der Waals surface area (Å²) in [6.45, 7) is 0. The molecule has 19 heavy (non-hydrogen) atoms. The maximum absolute atomic E-state index is 11.6. The van der Waals surface area contributed by atoms with Gasteiger partial charge in [-0.15, -0.1) is 3.63 Å². The summed E-state index contributed by atoms with van der Waals surface area (Å²) in [4.78, 5) is -0.384. The summed E-state index contributed by atoms with van der Waals surface area (Å²) in [5, 5.41) is 0. The molecule has 0 aliphatic carbocycles. The lowest BCUT2D eigenvalue weighted by Gasteiger charge is -2.05. The smallest absolute Gasteiger partial charge is 0.286 e. The highest BCUT2D eigenvalue weighted by Gasteiger charge is 2.26. The van der Waals surface area contributed by atoms with Gasteiger partial charge in [-0.1, -0.05) is 18.2 Å². The molecule has 0 unspecified atom stereocenters. The summed E-state index contributed by atoms with van der Waals surface area (Å²) in [6, 6.07) is 6.48. The molecule has 0 saturated carbocycles. The van der Waals surface area contributed by atoms with Crippen molar-refractivity contribution >= 4 is 30.4 Å². The van der Waals surface area contributed by atoms with Crippen LogP contribution in [0.3, 0.4) is 0 Å². The second-order valence-corrected chi connectivity index (χ2v) is 8.40. The van der Waals surface area contributed by atoms with Crippen LogP contribution in [0.4, 0.5) is 0 Å². The van der Waals surface area contributed by atoms with Gasteiger partial charge >= 0.3 is 10.1 Å². The quantitative estimate of drug-likeness (QED) is 0.697. The lowest BCUT2D eigenvalue weighted by atomic mass is 10.4. The summed E-state index contributed by atoms with van der Waals surface area (Å²) in [7, 11) is -13.7. The fourth-order valence-corrected chi connectivity index (χ4v) is 4.83. The van der Waals surface area contributed by atoms with Crippen LogP contribution in [0.1, 0.15) is 0 Å². The van der Waals surface area contributed by atoms with E-state index in [2.05, 4.69) is 3.63 Å². The van der Waals surface area contributed by atoms with E-state index in [1.807, 2.05) is 0 Å². The van der Waals surface area contributed by atoms with Gasteiger partial charge in [-0.05, 0) is 12.1 Å². The number of hydrogen-bond acceptors (Lipinski definition) is 7. The van der Waals surface area contributed by atoms with Crippen molar-refractivity contribution in [2.45, 2.75) is 4.90 Å². The monoisotopic (exact) mass is 330 g/mol. The molecule has 0 spiro atoms. The van der Waals surface area contributed by atoms with Crippen LogP contribution in [0.2, 0.25) is 0 Å². The third kappa shape index (κ3) is 5.65. The van der Waals surface area contributed by atoms with Gasteiger partial charge in [0.2, 0.25) is 0 Å². The fourth-order valence-electron chi connectivity index (χ4n) is 1.00. The molecular formula is C8H10O8S3. The molecule has 0 radical (unpaired) electrons. The van der Waals surface area contributed by atoms with E-state index in [4.69, 9.17) is 4.55 Å². The van der Waals surface area contributed by atoms with Crippen LogP contribution in [-0.2, 0) is 34.0 Å². The maximum Gasteiger partial charge on any atom is 0.311 e. The van der Waals surface area contributed by atoms with Crippen LogP contribution < -0.4 is 0 Å². The van der Waals surface area contributed by atoms with Crippen molar-refractivity contribution in [2.75, 3.05) is 11.5 Å². The molecule has 0 saturated heterocycles. The minimum absolute atomic E-state index is 0.384. The highest BCUT2D eigenvalue weighted by molar-refractivity contribution is 8.00. The van der Waals surface area contributed by atoms with E-state index in [1.54, 1.807) is 0 Å². The Balaban J connectivity index is 2.90. The van der Waals surface area contributed by atoms with Crippen LogP contribution >= 0.6 is 0 Å². The molecule has 1 N–H and O–H groups in total. The van der Waals surface area contributed by atoms with E-state index in [0.717, 1.165) is 12.1 Å². The molecule has 11 heteroatoms. The summed E-state index contributed by atoms with van der Waals surface area (Å²) in [6.07, 6.45) is 0. The van der Waals surface area contributed by atoms with Crippen molar-refractivity contribution in [3.05, 3.63) is 30.3 Å². The van der Waals surface area contributed by atoms with E-state index in [9.17, 15) is 25.3 Å². The van der Waals surface area contributed by atoms with Gasteiger partial charge in [-0.2, -0.15) is 25.3 Å². The lowest BCUT2D eigenvalue weighted by molar-refractivity contribution is 0.458. The largest absolute Gasteiger partial charge is 0.311 e. The van der Waals surface area contributed by atoms with E-state index in [-0.39, 0.29) is 4.90 Å². The van der Waals surface area contributed by atoms with Gasteiger partial charge in [0.05, 0.1) is 16.4 Å². The molecule has 1 aromatic carbocycles. The van der Waals surface area contributed by atoms with Gasteiger partial charge in [0, 0.05) is 0 Å². The minimum atomic E-state index is -4.65. The Hall–Kier alpha value is -1.01. The Bertz CT molecular complexity index is 730. The maximum atomic E-state index is 11.6. The van der Waals surface area contributed by atoms with Crippen molar-refractivity contribution in [3.63, 3.8) is 0 Å². The first kappa shape index (κ1) is 16.0. The Morgan fingerprint density at radius 1 is 0.895 bits per heavy atom. The first-order chi connectivity index (χ1) is 8.52. The van der Waals surface area contributed by atoms with E-state index >= 15 is 0 Å². The SMILES string of the molecule is O=S(=O)(O)CCS(=O)(=O)OS(=O)(=O)c1ccccc1. The third-order valence-electron chi connectivity index (χ3n) is 1.82. The second kappa shape index (κ2) is 5.54. The van der Waals surface area contributed by atoms with Gasteiger partial charge < -0.3 is 0 Å². The first-order valence-corrected chi connectivity index (χ1v) is 9.30. The van der Waals surface area contributed by atoms with Crippen LogP contribution in [0.15, 0.2) is 35.2 Å². The zero-order valence-electron chi connectivity index (χ0n) is 9.33. The summed E-state index contributed by atoms with van der Waals surface area (Å²) < 4.78 is 78.9. The highest BCUT2D eigenvalue weighted by Crippen LogP contribution is 2.14. The molecule has 0 aliphatic rings. The van der Waals surface area contributed by atoms with E-state index < -0.39 is 41.9 Å². The molecule has 108 valence electrons. The van der Waals surface area contributed by atoms with Crippen LogP contribution in [0.25, 0.3) is 0 Å². The summed E-state index contributed by atoms with van der Waals surface area (Å²) >= 11 is 0. The third-order valence-corrected chi connectivity index (χ3v) is 5.89. The zero-order valence-corrected chi connectivity index (χ0v) is 11.8. The van der Waals surface area contributed by atoms with Crippen LogP contribution in [-0.4, -0.2) is 41.3 Å². The molecule has 0 fully saturated rings. The van der Waals surface area contributed by atoms with Crippen molar-refractivity contribution in [2.24, 2.45) is 0 Å². The van der Waals surface area contributed by atoms with Crippen molar-refractivity contribution < 1.29 is 33.4 Å². The van der Waals surface area contributed by atoms with Gasteiger partial charge in [0.15, 0.2) is 0 Å². The highest BCUT2D eigenvalue weighted by atomic mass is 32.3.